The lowest BCUT2D eigenvalue weighted by molar-refractivity contribution is -0.152. The van der Waals surface area contributed by atoms with Crippen LogP contribution in [0, 0.1) is 5.21 Å². The third-order valence-electron chi connectivity index (χ3n) is 4.75. The summed E-state index contributed by atoms with van der Waals surface area (Å²) in [7, 11) is 0. The molecule has 0 aliphatic carbocycles. The topological polar surface area (TPSA) is 86.0 Å². The third kappa shape index (κ3) is 4.29. The fraction of sp³-hybridized carbons (Fsp3) is 0.0870. The van der Waals surface area contributed by atoms with Crippen LogP contribution in [0.2, 0.25) is 0 Å². The molecule has 32 heavy (non-hydrogen) atoms. The first-order chi connectivity index (χ1) is 15.2. The van der Waals surface area contributed by atoms with Crippen molar-refractivity contribution in [2.45, 2.75) is 12.8 Å². The highest BCUT2D eigenvalue weighted by atomic mass is 19.4. The summed E-state index contributed by atoms with van der Waals surface area (Å²) in [5, 5.41) is 19.4. The van der Waals surface area contributed by atoms with E-state index < -0.39 is 22.9 Å². The maximum atomic E-state index is 13.7. The van der Waals surface area contributed by atoms with E-state index >= 15 is 0 Å². The standard InChI is InChI=1S/C23H15F3NO5/c24-23(25,26)22-20(15-4-2-1-3-5-15)21(28)18-11-10-17(12-19(18)32-22)31-13-14-6-8-16(9-7-14)27(29)30/h1-12,29H,13H2/q-1. The van der Waals surface area contributed by atoms with E-state index in [4.69, 9.17) is 14.4 Å². The number of benzene rings is 3. The summed E-state index contributed by atoms with van der Waals surface area (Å²) < 4.78 is 51.8. The highest BCUT2D eigenvalue weighted by Crippen LogP contribution is 2.37. The van der Waals surface area contributed by atoms with Crippen molar-refractivity contribution in [2.75, 3.05) is 5.23 Å². The normalized spacial score (nSPS) is 11.5. The van der Waals surface area contributed by atoms with Crippen LogP contribution < -0.4 is 15.4 Å². The van der Waals surface area contributed by atoms with Gasteiger partial charge in [0.25, 0.3) is 0 Å². The van der Waals surface area contributed by atoms with Gasteiger partial charge >= 0.3 is 6.18 Å². The molecule has 4 aromatic rings. The number of fused-ring (bicyclic) bond motifs is 1. The molecule has 0 spiro atoms. The van der Waals surface area contributed by atoms with Crippen molar-refractivity contribution >= 4 is 16.7 Å². The van der Waals surface area contributed by atoms with Crippen molar-refractivity contribution in [3.8, 4) is 16.9 Å². The van der Waals surface area contributed by atoms with Crippen LogP contribution in [-0.2, 0) is 12.8 Å². The summed E-state index contributed by atoms with van der Waals surface area (Å²) in [5.41, 5.74) is -0.799. The van der Waals surface area contributed by atoms with Crippen LogP contribution in [0.3, 0.4) is 0 Å². The van der Waals surface area contributed by atoms with E-state index in [0.717, 1.165) is 0 Å². The van der Waals surface area contributed by atoms with Gasteiger partial charge in [0.1, 0.15) is 17.9 Å². The Morgan fingerprint density at radius 1 is 1.00 bits per heavy atom. The van der Waals surface area contributed by atoms with Gasteiger partial charge in [-0.1, -0.05) is 42.5 Å². The van der Waals surface area contributed by atoms with E-state index in [2.05, 4.69) is 0 Å². The summed E-state index contributed by atoms with van der Waals surface area (Å²) in [5.74, 6) is -1.18. The van der Waals surface area contributed by atoms with E-state index in [1.54, 1.807) is 18.2 Å². The Bertz CT molecular complexity index is 1300. The van der Waals surface area contributed by atoms with Crippen molar-refractivity contribution in [2.24, 2.45) is 0 Å². The summed E-state index contributed by atoms with van der Waals surface area (Å²) in [4.78, 5) is 12.9. The zero-order valence-electron chi connectivity index (χ0n) is 16.3. The van der Waals surface area contributed by atoms with Gasteiger partial charge in [0.2, 0.25) is 11.2 Å². The predicted octanol–water partition coefficient (Wildman–Crippen LogP) is 5.75. The fourth-order valence-corrected chi connectivity index (χ4v) is 3.22. The molecular weight excluding hydrogens is 427 g/mol. The molecule has 1 N–H and O–H groups in total. The molecule has 0 unspecified atom stereocenters. The molecule has 0 amide bonds. The quantitative estimate of drug-likeness (QED) is 0.396. The highest BCUT2D eigenvalue weighted by Gasteiger charge is 2.39. The Morgan fingerprint density at radius 2 is 1.69 bits per heavy atom. The lowest BCUT2D eigenvalue weighted by Crippen LogP contribution is -2.16. The predicted molar refractivity (Wildman–Crippen MR) is 111 cm³/mol. The van der Waals surface area contributed by atoms with E-state index in [1.165, 1.54) is 54.6 Å². The molecule has 3 aromatic carbocycles. The smallest absolute Gasteiger partial charge is 0.450 e. The van der Waals surface area contributed by atoms with E-state index in [0.29, 0.717) is 5.56 Å². The van der Waals surface area contributed by atoms with Crippen LogP contribution in [0.1, 0.15) is 11.3 Å². The zero-order chi connectivity index (χ0) is 22.9. The van der Waals surface area contributed by atoms with Crippen LogP contribution in [0.5, 0.6) is 5.75 Å². The van der Waals surface area contributed by atoms with Crippen molar-refractivity contribution in [3.63, 3.8) is 0 Å². The van der Waals surface area contributed by atoms with E-state index in [9.17, 15) is 23.2 Å². The fourth-order valence-electron chi connectivity index (χ4n) is 3.22. The first-order valence-electron chi connectivity index (χ1n) is 9.35. The Kier molecular flexibility index (Phi) is 5.60. The zero-order valence-corrected chi connectivity index (χ0v) is 16.3. The largest absolute Gasteiger partial charge is 0.733 e. The maximum Gasteiger partial charge on any atom is 0.450 e. The van der Waals surface area contributed by atoms with Gasteiger partial charge in [-0.3, -0.25) is 10.0 Å². The summed E-state index contributed by atoms with van der Waals surface area (Å²) in [6, 6.07) is 17.4. The molecule has 1 aromatic heterocycles. The SMILES string of the molecule is O=c1c(-c2ccccc2)c(C(F)(F)F)oc2cc(OCc3ccc(N([O-])O)cc3)ccc12. The second kappa shape index (κ2) is 8.37. The monoisotopic (exact) mass is 442 g/mol. The lowest BCUT2D eigenvalue weighted by atomic mass is 10.0. The molecule has 0 atom stereocenters. The second-order valence-corrected chi connectivity index (χ2v) is 6.89. The molecule has 0 saturated carbocycles. The molecule has 6 nitrogen and oxygen atoms in total. The van der Waals surface area contributed by atoms with Gasteiger partial charge < -0.3 is 19.6 Å². The van der Waals surface area contributed by atoms with Gasteiger partial charge in [-0.05, 0) is 35.4 Å². The average molecular weight is 442 g/mol. The van der Waals surface area contributed by atoms with E-state index in [1.807, 2.05) is 0 Å². The minimum absolute atomic E-state index is 0.00737. The van der Waals surface area contributed by atoms with Crippen molar-refractivity contribution in [1.82, 2.24) is 0 Å². The molecule has 0 saturated heterocycles. The van der Waals surface area contributed by atoms with Gasteiger partial charge in [-0.15, -0.1) is 0 Å². The minimum atomic E-state index is -4.88. The molecular formula is C23H15F3NO5-. The first-order valence-corrected chi connectivity index (χ1v) is 9.35. The van der Waals surface area contributed by atoms with Crippen molar-refractivity contribution in [3.05, 3.63) is 99.6 Å². The summed E-state index contributed by atoms with van der Waals surface area (Å²) in [6.45, 7) is 0.0362. The number of hydrogen-bond donors (Lipinski definition) is 1. The first kappa shape index (κ1) is 21.4. The van der Waals surface area contributed by atoms with Gasteiger partial charge in [-0.25, -0.2) is 0 Å². The molecule has 4 rings (SSSR count). The van der Waals surface area contributed by atoms with Crippen molar-refractivity contribution < 1.29 is 27.5 Å². The van der Waals surface area contributed by atoms with Gasteiger partial charge in [0.15, 0.2) is 0 Å². The Labute approximate surface area is 179 Å². The summed E-state index contributed by atoms with van der Waals surface area (Å²) >= 11 is 0. The number of rotatable bonds is 5. The van der Waals surface area contributed by atoms with Crippen LogP contribution in [0.15, 0.2) is 82.0 Å². The van der Waals surface area contributed by atoms with Gasteiger partial charge in [-0.2, -0.15) is 13.2 Å². The van der Waals surface area contributed by atoms with Crippen molar-refractivity contribution in [1.29, 1.82) is 0 Å². The van der Waals surface area contributed by atoms with Crippen LogP contribution in [0.4, 0.5) is 18.9 Å². The molecule has 1 heterocycles. The third-order valence-corrected chi connectivity index (χ3v) is 4.75. The molecule has 0 aliphatic heterocycles. The Balaban J connectivity index is 1.70. The molecule has 9 heteroatoms. The van der Waals surface area contributed by atoms with Gasteiger partial charge in [0.05, 0.1) is 16.6 Å². The van der Waals surface area contributed by atoms with Crippen LogP contribution in [0.25, 0.3) is 22.1 Å². The maximum absolute atomic E-state index is 13.7. The Hall–Kier alpha value is -3.82. The molecule has 164 valence electrons. The summed E-state index contributed by atoms with van der Waals surface area (Å²) in [6.07, 6.45) is -4.88. The number of ether oxygens (including phenoxy) is 1. The number of nitrogens with zero attached hydrogens (tertiary/aromatic N) is 1. The second-order valence-electron chi connectivity index (χ2n) is 6.89. The Morgan fingerprint density at radius 3 is 2.31 bits per heavy atom. The number of alkyl halides is 3. The number of anilines is 1. The number of hydrogen-bond acceptors (Lipinski definition) is 6. The molecule has 0 radical (unpaired) electrons. The van der Waals surface area contributed by atoms with E-state index in [-0.39, 0.29) is 39.8 Å². The van der Waals surface area contributed by atoms with Gasteiger partial charge in [0, 0.05) is 6.07 Å². The average Bonchev–Trinajstić information content (AvgIpc) is 2.77. The van der Waals surface area contributed by atoms with Crippen LogP contribution >= 0.6 is 0 Å². The molecule has 0 bridgehead atoms. The molecule has 0 fully saturated rings. The molecule has 0 aliphatic rings. The lowest BCUT2D eigenvalue weighted by Gasteiger charge is -2.21. The number of halogens is 3. The highest BCUT2D eigenvalue weighted by molar-refractivity contribution is 5.84. The minimum Gasteiger partial charge on any atom is -0.733 e. The van der Waals surface area contributed by atoms with Crippen LogP contribution in [-0.4, -0.2) is 5.21 Å².